The third kappa shape index (κ3) is 2.85. The normalized spacial score (nSPS) is 18.0. The van der Waals surface area contributed by atoms with E-state index in [2.05, 4.69) is 15.0 Å². The number of rotatable bonds is 3. The monoisotopic (exact) mass is 295 g/mol. The van der Waals surface area contributed by atoms with Crippen LogP contribution >= 0.6 is 0 Å². The van der Waals surface area contributed by atoms with E-state index in [0.29, 0.717) is 37.6 Å². The quantitative estimate of drug-likeness (QED) is 0.358. The number of amides is 1. The Hall–Kier alpha value is -2.09. The molecule has 1 saturated heterocycles. The number of aromatic nitrogens is 1. The van der Waals surface area contributed by atoms with Gasteiger partial charge in [0.1, 0.15) is 0 Å². The molecule has 1 aromatic heterocycles. The third-order valence-electron chi connectivity index (χ3n) is 4.03. The molecule has 21 heavy (non-hydrogen) atoms. The Bertz CT molecular complexity index is 544. The number of oxime groups is 1. The Morgan fingerprint density at radius 2 is 2.05 bits per heavy atom. The minimum atomic E-state index is -0.550. The van der Waals surface area contributed by atoms with Crippen molar-refractivity contribution in [3.63, 3.8) is 0 Å². The van der Waals surface area contributed by atoms with E-state index in [1.807, 2.05) is 13.8 Å². The molecule has 0 aromatic carbocycles. The van der Waals surface area contributed by atoms with Crippen LogP contribution in [0.5, 0.6) is 0 Å². The number of amidine groups is 1. The van der Waals surface area contributed by atoms with E-state index < -0.39 is 5.54 Å². The lowest BCUT2D eigenvalue weighted by molar-refractivity contribution is 0.0504. The van der Waals surface area contributed by atoms with E-state index >= 15 is 0 Å². The van der Waals surface area contributed by atoms with Crippen molar-refractivity contribution in [3.05, 3.63) is 17.8 Å². The molecule has 1 aromatic rings. The van der Waals surface area contributed by atoms with E-state index in [1.165, 1.54) is 6.39 Å². The van der Waals surface area contributed by atoms with Crippen LogP contribution in [0, 0.1) is 6.92 Å². The van der Waals surface area contributed by atoms with Crippen LogP contribution in [0.2, 0.25) is 0 Å². The molecule has 1 amide bonds. The first-order valence-electron chi connectivity index (χ1n) is 6.80. The van der Waals surface area contributed by atoms with Crippen molar-refractivity contribution in [1.29, 1.82) is 0 Å². The molecule has 0 saturated carbocycles. The van der Waals surface area contributed by atoms with Crippen molar-refractivity contribution in [2.45, 2.75) is 26.3 Å². The summed E-state index contributed by atoms with van der Waals surface area (Å²) >= 11 is 0. The van der Waals surface area contributed by atoms with Crippen molar-refractivity contribution in [2.24, 2.45) is 10.9 Å². The van der Waals surface area contributed by atoms with E-state index in [4.69, 9.17) is 15.4 Å². The molecular weight excluding hydrogens is 274 g/mol. The van der Waals surface area contributed by atoms with Crippen molar-refractivity contribution in [3.8, 4) is 0 Å². The van der Waals surface area contributed by atoms with Gasteiger partial charge in [-0.05, 0) is 20.8 Å². The molecule has 0 unspecified atom stereocenters. The van der Waals surface area contributed by atoms with Crippen molar-refractivity contribution < 1.29 is 14.4 Å². The first-order chi connectivity index (χ1) is 9.87. The summed E-state index contributed by atoms with van der Waals surface area (Å²) in [5, 5.41) is 11.9. The highest BCUT2D eigenvalue weighted by Gasteiger charge is 2.35. The highest BCUT2D eigenvalue weighted by molar-refractivity contribution is 5.92. The second-order valence-electron chi connectivity index (χ2n) is 5.59. The summed E-state index contributed by atoms with van der Waals surface area (Å²) in [6.07, 6.45) is 1.28. The predicted octanol–water partition coefficient (Wildman–Crippen LogP) is 0.266. The summed E-state index contributed by atoms with van der Waals surface area (Å²) in [6.45, 7) is 7.92. The van der Waals surface area contributed by atoms with Crippen LogP contribution in [0.25, 0.3) is 0 Å². The number of nitrogens with two attached hydrogens (primary N) is 1. The molecule has 1 fully saturated rings. The Kier molecular flexibility index (Phi) is 4.17. The summed E-state index contributed by atoms with van der Waals surface area (Å²) in [7, 11) is 0. The van der Waals surface area contributed by atoms with Gasteiger partial charge in [0, 0.05) is 26.2 Å². The molecule has 1 aliphatic heterocycles. The van der Waals surface area contributed by atoms with Gasteiger partial charge in [0.25, 0.3) is 5.91 Å². The standard InChI is InChI=1S/C13H21N5O3/c1-9-10(21-8-15-9)11(19)17-4-6-18(7-5-17)13(2,3)12(14)16-20/h8,20H,4-7H2,1-3H3,(H2,14,16). The second kappa shape index (κ2) is 5.72. The lowest BCUT2D eigenvalue weighted by Crippen LogP contribution is -2.60. The van der Waals surface area contributed by atoms with Crippen LogP contribution in [0.3, 0.4) is 0 Å². The lowest BCUT2D eigenvalue weighted by atomic mass is 10.00. The largest absolute Gasteiger partial charge is 0.438 e. The number of carbonyl (C=O) groups excluding carboxylic acids is 1. The molecule has 2 rings (SSSR count). The van der Waals surface area contributed by atoms with Gasteiger partial charge in [-0.25, -0.2) is 4.98 Å². The average molecular weight is 295 g/mol. The Morgan fingerprint density at radius 3 is 2.52 bits per heavy atom. The third-order valence-corrected chi connectivity index (χ3v) is 4.03. The van der Waals surface area contributed by atoms with Gasteiger partial charge in [-0.1, -0.05) is 5.16 Å². The summed E-state index contributed by atoms with van der Waals surface area (Å²) in [4.78, 5) is 20.1. The van der Waals surface area contributed by atoms with Crippen LogP contribution < -0.4 is 5.73 Å². The van der Waals surface area contributed by atoms with E-state index in [-0.39, 0.29) is 11.7 Å². The Morgan fingerprint density at radius 1 is 1.43 bits per heavy atom. The van der Waals surface area contributed by atoms with Crippen LogP contribution in [0.4, 0.5) is 0 Å². The fourth-order valence-corrected chi connectivity index (χ4v) is 2.40. The molecule has 0 spiro atoms. The van der Waals surface area contributed by atoms with Gasteiger partial charge in [-0.15, -0.1) is 0 Å². The predicted molar refractivity (Wildman–Crippen MR) is 76.2 cm³/mol. The van der Waals surface area contributed by atoms with Gasteiger partial charge in [0.2, 0.25) is 5.76 Å². The molecule has 3 N–H and O–H groups in total. The molecule has 0 aliphatic carbocycles. The maximum atomic E-state index is 12.3. The lowest BCUT2D eigenvalue weighted by Gasteiger charge is -2.42. The molecular formula is C13H21N5O3. The molecule has 116 valence electrons. The van der Waals surface area contributed by atoms with Gasteiger partial charge in [0.05, 0.1) is 11.2 Å². The molecule has 0 bridgehead atoms. The fourth-order valence-electron chi connectivity index (χ4n) is 2.40. The maximum Gasteiger partial charge on any atom is 0.291 e. The van der Waals surface area contributed by atoms with Gasteiger partial charge in [-0.2, -0.15) is 0 Å². The zero-order valence-corrected chi connectivity index (χ0v) is 12.5. The van der Waals surface area contributed by atoms with Gasteiger partial charge < -0.3 is 20.3 Å². The number of hydrogen-bond donors (Lipinski definition) is 2. The van der Waals surface area contributed by atoms with Gasteiger partial charge >= 0.3 is 0 Å². The fraction of sp³-hybridized carbons (Fsp3) is 0.615. The number of carbonyl (C=O) groups is 1. The molecule has 8 nitrogen and oxygen atoms in total. The summed E-state index contributed by atoms with van der Waals surface area (Å²) in [5.41, 5.74) is 5.77. The van der Waals surface area contributed by atoms with Crippen molar-refractivity contribution >= 4 is 11.7 Å². The highest BCUT2D eigenvalue weighted by Crippen LogP contribution is 2.19. The van der Waals surface area contributed by atoms with Gasteiger partial charge in [0.15, 0.2) is 12.2 Å². The van der Waals surface area contributed by atoms with Crippen molar-refractivity contribution in [1.82, 2.24) is 14.8 Å². The number of aryl methyl sites for hydroxylation is 1. The Balaban J connectivity index is 2.01. The second-order valence-corrected chi connectivity index (χ2v) is 5.59. The topological polar surface area (TPSA) is 108 Å². The number of piperazine rings is 1. The smallest absolute Gasteiger partial charge is 0.291 e. The molecule has 1 aliphatic rings. The van der Waals surface area contributed by atoms with Gasteiger partial charge in [-0.3, -0.25) is 9.69 Å². The minimum absolute atomic E-state index is 0.147. The van der Waals surface area contributed by atoms with E-state index in [0.717, 1.165) is 0 Å². The van der Waals surface area contributed by atoms with E-state index in [9.17, 15) is 4.79 Å². The highest BCUT2D eigenvalue weighted by atomic mass is 16.4. The zero-order chi connectivity index (χ0) is 15.6. The van der Waals surface area contributed by atoms with Crippen LogP contribution in [0.15, 0.2) is 16.0 Å². The van der Waals surface area contributed by atoms with Crippen LogP contribution in [-0.2, 0) is 0 Å². The zero-order valence-electron chi connectivity index (χ0n) is 12.5. The van der Waals surface area contributed by atoms with Crippen LogP contribution in [-0.4, -0.2) is 63.5 Å². The van der Waals surface area contributed by atoms with Crippen molar-refractivity contribution in [2.75, 3.05) is 26.2 Å². The average Bonchev–Trinajstić information content (AvgIpc) is 2.91. The SMILES string of the molecule is Cc1ncoc1C(=O)N1CCN(C(C)(C)C(N)=NO)CC1. The first-order valence-corrected chi connectivity index (χ1v) is 6.80. The summed E-state index contributed by atoms with van der Waals surface area (Å²) in [5.74, 6) is 0.304. The molecule has 2 heterocycles. The number of nitrogens with zero attached hydrogens (tertiary/aromatic N) is 4. The molecule has 0 atom stereocenters. The summed E-state index contributed by atoms with van der Waals surface area (Å²) < 4.78 is 5.14. The Labute approximate surface area is 123 Å². The maximum absolute atomic E-state index is 12.3. The minimum Gasteiger partial charge on any atom is -0.438 e. The molecule has 0 radical (unpaired) electrons. The number of oxazole rings is 1. The van der Waals surface area contributed by atoms with Crippen LogP contribution in [0.1, 0.15) is 30.1 Å². The number of hydrogen-bond acceptors (Lipinski definition) is 6. The van der Waals surface area contributed by atoms with E-state index in [1.54, 1.807) is 11.8 Å². The molecule has 8 heteroatoms. The first kappa shape index (κ1) is 15.3. The summed E-state index contributed by atoms with van der Waals surface area (Å²) in [6, 6.07) is 0.